The predicted octanol–water partition coefficient (Wildman–Crippen LogP) is 4.44. The monoisotopic (exact) mass is 346 g/mol. The van der Waals surface area contributed by atoms with Gasteiger partial charge in [-0.3, -0.25) is 4.79 Å². The Kier molecular flexibility index (Phi) is 4.57. The first kappa shape index (κ1) is 16.5. The zero-order valence-electron chi connectivity index (χ0n) is 13.3. The molecule has 0 N–H and O–H groups in total. The van der Waals surface area contributed by atoms with Crippen molar-refractivity contribution in [2.75, 3.05) is 0 Å². The van der Waals surface area contributed by atoms with Crippen molar-refractivity contribution in [3.63, 3.8) is 0 Å². The molecule has 0 fully saturated rings. The number of benzene rings is 2. The molecule has 0 spiro atoms. The highest BCUT2D eigenvalue weighted by molar-refractivity contribution is 7.16. The van der Waals surface area contributed by atoms with Crippen LogP contribution in [0.3, 0.4) is 0 Å². The van der Waals surface area contributed by atoms with Crippen LogP contribution in [0.2, 0.25) is 0 Å². The number of fused-ring (bicyclic) bond motifs is 1. The Hall–Kier alpha value is -2.34. The highest BCUT2D eigenvalue weighted by Crippen LogP contribution is 2.22. The van der Waals surface area contributed by atoms with Crippen LogP contribution in [0.5, 0.6) is 0 Å². The minimum absolute atomic E-state index is 0.291. The molecule has 0 bridgehead atoms. The molecule has 0 aliphatic carbocycles. The van der Waals surface area contributed by atoms with Gasteiger partial charge in [0.25, 0.3) is 5.91 Å². The van der Waals surface area contributed by atoms with Gasteiger partial charge in [-0.2, -0.15) is 4.99 Å². The molecule has 2 aromatic carbocycles. The maximum absolute atomic E-state index is 14.2. The summed E-state index contributed by atoms with van der Waals surface area (Å²) >= 11 is 1.12. The van der Waals surface area contributed by atoms with Crippen LogP contribution in [0.25, 0.3) is 10.2 Å². The fraction of sp³-hybridized carbons (Fsp3) is 0.222. The van der Waals surface area contributed by atoms with Gasteiger partial charge in [0.1, 0.15) is 5.82 Å². The summed E-state index contributed by atoms with van der Waals surface area (Å²) in [5.41, 5.74) is 1.62. The molecule has 3 aromatic rings. The van der Waals surface area contributed by atoms with E-state index in [4.69, 9.17) is 0 Å². The Morgan fingerprint density at radius 2 is 2.00 bits per heavy atom. The van der Waals surface area contributed by atoms with E-state index in [9.17, 15) is 13.6 Å². The number of hydrogen-bond acceptors (Lipinski definition) is 2. The molecule has 0 saturated heterocycles. The molecule has 1 amide bonds. The molecule has 1 aromatic heterocycles. The molecule has 3 rings (SSSR count). The summed E-state index contributed by atoms with van der Waals surface area (Å²) in [6.07, 6.45) is 0.744. The number of nitrogens with zero attached hydrogens (tertiary/aromatic N) is 2. The molecule has 0 radical (unpaired) electrons. The third kappa shape index (κ3) is 3.01. The summed E-state index contributed by atoms with van der Waals surface area (Å²) in [6.45, 7) is 4.29. The number of aromatic nitrogens is 1. The lowest BCUT2D eigenvalue weighted by Crippen LogP contribution is -2.17. The topological polar surface area (TPSA) is 34.4 Å². The van der Waals surface area contributed by atoms with Gasteiger partial charge in [0, 0.05) is 18.2 Å². The number of amides is 1. The van der Waals surface area contributed by atoms with Crippen molar-refractivity contribution in [1.29, 1.82) is 0 Å². The standard InChI is InChI=1S/C18H16F2N2OS/c1-3-8-22-16-14(20)9-12(19)10-15(16)24-18(22)21-17(23)13-7-5-4-6-11(13)2/h4-7,9-10H,3,8H2,1-2H3. The van der Waals surface area contributed by atoms with Crippen LogP contribution in [0.4, 0.5) is 8.78 Å². The van der Waals surface area contributed by atoms with Crippen LogP contribution in [0, 0.1) is 18.6 Å². The molecule has 0 unspecified atom stereocenters. The predicted molar refractivity (Wildman–Crippen MR) is 91.1 cm³/mol. The second-order valence-corrected chi connectivity index (χ2v) is 6.51. The van der Waals surface area contributed by atoms with Crippen molar-refractivity contribution in [2.45, 2.75) is 26.8 Å². The summed E-state index contributed by atoms with van der Waals surface area (Å²) in [5.74, 6) is -1.66. The smallest absolute Gasteiger partial charge is 0.279 e. The number of hydrogen-bond donors (Lipinski definition) is 0. The van der Waals surface area contributed by atoms with Gasteiger partial charge in [-0.15, -0.1) is 0 Å². The van der Waals surface area contributed by atoms with Gasteiger partial charge in [-0.25, -0.2) is 8.78 Å². The van der Waals surface area contributed by atoms with Crippen LogP contribution in [0.1, 0.15) is 29.3 Å². The first-order valence-corrected chi connectivity index (χ1v) is 8.46. The Morgan fingerprint density at radius 3 is 2.71 bits per heavy atom. The molecule has 0 aliphatic rings. The van der Waals surface area contributed by atoms with Crippen LogP contribution >= 0.6 is 11.3 Å². The van der Waals surface area contributed by atoms with Gasteiger partial charge in [0.15, 0.2) is 10.6 Å². The molecular formula is C18H16F2N2OS. The van der Waals surface area contributed by atoms with Gasteiger partial charge in [-0.05, 0) is 31.0 Å². The van der Waals surface area contributed by atoms with Crippen molar-refractivity contribution in [1.82, 2.24) is 4.57 Å². The van der Waals surface area contributed by atoms with E-state index in [2.05, 4.69) is 4.99 Å². The fourth-order valence-electron chi connectivity index (χ4n) is 2.61. The van der Waals surface area contributed by atoms with Crippen molar-refractivity contribution < 1.29 is 13.6 Å². The number of rotatable bonds is 3. The highest BCUT2D eigenvalue weighted by Gasteiger charge is 2.14. The zero-order chi connectivity index (χ0) is 17.3. The quantitative estimate of drug-likeness (QED) is 0.690. The van der Waals surface area contributed by atoms with Gasteiger partial charge in [0.05, 0.1) is 10.2 Å². The van der Waals surface area contributed by atoms with Crippen molar-refractivity contribution in [3.8, 4) is 0 Å². The van der Waals surface area contributed by atoms with Gasteiger partial charge in [0.2, 0.25) is 0 Å². The Labute approximate surface area is 141 Å². The fourth-order valence-corrected chi connectivity index (χ4v) is 3.70. The Morgan fingerprint density at radius 1 is 1.25 bits per heavy atom. The SMILES string of the molecule is CCCn1c(=NC(=O)c2ccccc2C)sc2cc(F)cc(F)c21. The molecule has 124 valence electrons. The largest absolute Gasteiger partial charge is 0.314 e. The highest BCUT2D eigenvalue weighted by atomic mass is 32.1. The van der Waals surface area contributed by atoms with Gasteiger partial charge in [-0.1, -0.05) is 36.5 Å². The second-order valence-electron chi connectivity index (χ2n) is 5.50. The van der Waals surface area contributed by atoms with Crippen molar-refractivity contribution in [3.05, 3.63) is 64.0 Å². The summed E-state index contributed by atoms with van der Waals surface area (Å²) in [7, 11) is 0. The molecule has 0 atom stereocenters. The maximum Gasteiger partial charge on any atom is 0.279 e. The molecule has 0 aliphatic heterocycles. The molecule has 24 heavy (non-hydrogen) atoms. The Balaban J connectivity index is 2.22. The van der Waals surface area contributed by atoms with Crippen LogP contribution in [-0.4, -0.2) is 10.5 Å². The normalized spacial score (nSPS) is 12.1. The van der Waals surface area contributed by atoms with Crippen LogP contribution < -0.4 is 4.80 Å². The van der Waals surface area contributed by atoms with Gasteiger partial charge < -0.3 is 4.57 Å². The maximum atomic E-state index is 14.2. The number of carbonyl (C=O) groups is 1. The molecular weight excluding hydrogens is 330 g/mol. The number of thiazole rings is 1. The van der Waals surface area contributed by atoms with Crippen molar-refractivity contribution >= 4 is 27.5 Å². The summed E-state index contributed by atoms with van der Waals surface area (Å²) < 4.78 is 29.7. The van der Waals surface area contributed by atoms with E-state index in [0.717, 1.165) is 29.4 Å². The third-order valence-electron chi connectivity index (χ3n) is 3.72. The lowest BCUT2D eigenvalue weighted by molar-refractivity contribution is 0.0997. The van der Waals surface area contributed by atoms with E-state index < -0.39 is 11.6 Å². The minimum Gasteiger partial charge on any atom is -0.314 e. The van der Waals surface area contributed by atoms with Crippen molar-refractivity contribution in [2.24, 2.45) is 4.99 Å². The van der Waals surface area contributed by atoms with Crippen LogP contribution in [0.15, 0.2) is 41.4 Å². The second kappa shape index (κ2) is 6.65. The third-order valence-corrected chi connectivity index (χ3v) is 4.74. The average Bonchev–Trinajstić information content (AvgIpc) is 2.85. The van der Waals surface area contributed by atoms with E-state index in [-0.39, 0.29) is 5.91 Å². The molecule has 3 nitrogen and oxygen atoms in total. The lowest BCUT2D eigenvalue weighted by Gasteiger charge is -2.04. The molecule has 6 heteroatoms. The molecule has 1 heterocycles. The molecule has 0 saturated carbocycles. The minimum atomic E-state index is -0.639. The average molecular weight is 346 g/mol. The Bertz CT molecular complexity index is 988. The first-order valence-electron chi connectivity index (χ1n) is 7.64. The van der Waals surface area contributed by atoms with Crippen LogP contribution in [-0.2, 0) is 6.54 Å². The summed E-state index contributed by atoms with van der Waals surface area (Å²) in [4.78, 5) is 17.0. The van der Waals surface area contributed by atoms with E-state index in [1.807, 2.05) is 26.0 Å². The first-order chi connectivity index (χ1) is 11.5. The number of halogens is 2. The summed E-state index contributed by atoms with van der Waals surface area (Å²) in [6, 6.07) is 9.29. The van der Waals surface area contributed by atoms with E-state index in [1.54, 1.807) is 16.7 Å². The zero-order valence-corrected chi connectivity index (χ0v) is 14.2. The number of aryl methyl sites for hydroxylation is 2. The number of carbonyl (C=O) groups excluding carboxylic acids is 1. The van der Waals surface area contributed by atoms with E-state index >= 15 is 0 Å². The van der Waals surface area contributed by atoms with Gasteiger partial charge >= 0.3 is 0 Å². The summed E-state index contributed by atoms with van der Waals surface area (Å²) in [5, 5.41) is 0. The van der Waals surface area contributed by atoms with E-state index in [0.29, 0.717) is 27.1 Å². The van der Waals surface area contributed by atoms with E-state index in [1.165, 1.54) is 6.07 Å². The lowest BCUT2D eigenvalue weighted by atomic mass is 10.1.